The Kier molecular flexibility index (Phi) is 9.39. The molecule has 2 heterocycles. The summed E-state index contributed by atoms with van der Waals surface area (Å²) < 4.78 is 17.8. The molecule has 0 saturated carbocycles. The molecule has 210 valence electrons. The molecule has 2 aromatic heterocycles. The highest BCUT2D eigenvalue weighted by molar-refractivity contribution is 7.20. The van der Waals surface area contributed by atoms with E-state index in [1.54, 1.807) is 31.2 Å². The third-order valence-electron chi connectivity index (χ3n) is 6.14. The molecule has 0 atom stereocenters. The Morgan fingerprint density at radius 2 is 1.77 bits per heavy atom. The van der Waals surface area contributed by atoms with Crippen molar-refractivity contribution in [3.63, 3.8) is 0 Å². The van der Waals surface area contributed by atoms with Crippen molar-refractivity contribution < 1.29 is 23.8 Å². The second-order valence-electron chi connectivity index (χ2n) is 8.82. The molecule has 2 N–H and O–H groups in total. The van der Waals surface area contributed by atoms with Crippen molar-refractivity contribution in [3.8, 4) is 17.2 Å². The van der Waals surface area contributed by atoms with Gasteiger partial charge in [-0.3, -0.25) is 19.0 Å². The Balaban J connectivity index is 1.42. The molecular formula is C29H32N4O6S. The van der Waals surface area contributed by atoms with Crippen LogP contribution in [-0.4, -0.2) is 48.2 Å². The minimum atomic E-state index is -0.377. The summed E-state index contributed by atoms with van der Waals surface area (Å²) in [5.41, 5.74) is 1.65. The summed E-state index contributed by atoms with van der Waals surface area (Å²) in [6.45, 7) is 6.78. The Hall–Kier alpha value is -4.38. The monoisotopic (exact) mass is 564 g/mol. The zero-order chi connectivity index (χ0) is 28.6. The van der Waals surface area contributed by atoms with Gasteiger partial charge in [0.15, 0.2) is 11.5 Å². The van der Waals surface area contributed by atoms with Gasteiger partial charge in [0, 0.05) is 6.54 Å². The standard InChI is InChI=1S/C29H32N4O6S/c1-5-38-22-12-11-19(15-23(22)39-6-2)13-14-30-24(34)16-33-17-31-28-25(29(33)36)18(3)26(40-28)27(35)32-20-9-7-8-10-21(20)37-4/h7-12,15,17H,5-6,13-14,16H2,1-4H3,(H,30,34)(H,32,35). The Labute approximate surface area is 235 Å². The fourth-order valence-electron chi connectivity index (χ4n) is 4.22. The topological polar surface area (TPSA) is 121 Å². The van der Waals surface area contributed by atoms with Gasteiger partial charge in [-0.1, -0.05) is 18.2 Å². The first kappa shape index (κ1) is 28.6. The van der Waals surface area contributed by atoms with Gasteiger partial charge in [-0.25, -0.2) is 4.98 Å². The lowest BCUT2D eigenvalue weighted by Crippen LogP contribution is -2.33. The number of anilines is 1. The maximum Gasteiger partial charge on any atom is 0.266 e. The summed E-state index contributed by atoms with van der Waals surface area (Å²) in [5.74, 6) is 1.19. The molecule has 10 nitrogen and oxygen atoms in total. The summed E-state index contributed by atoms with van der Waals surface area (Å²) >= 11 is 1.13. The van der Waals surface area contributed by atoms with Crippen molar-refractivity contribution in [1.82, 2.24) is 14.9 Å². The van der Waals surface area contributed by atoms with Gasteiger partial charge in [0.1, 0.15) is 17.1 Å². The lowest BCUT2D eigenvalue weighted by molar-refractivity contribution is -0.121. The number of carbonyl (C=O) groups is 2. The number of hydrogen-bond donors (Lipinski definition) is 2. The van der Waals surface area contributed by atoms with E-state index in [-0.39, 0.29) is 23.9 Å². The van der Waals surface area contributed by atoms with Crippen LogP contribution in [0.3, 0.4) is 0 Å². The van der Waals surface area contributed by atoms with Gasteiger partial charge in [-0.05, 0) is 62.6 Å². The average Bonchev–Trinajstić information content (AvgIpc) is 3.29. The van der Waals surface area contributed by atoms with Crippen molar-refractivity contribution in [2.75, 3.05) is 32.2 Å². The van der Waals surface area contributed by atoms with E-state index in [0.717, 1.165) is 16.9 Å². The number of methoxy groups -OCH3 is 1. The Morgan fingerprint density at radius 3 is 2.52 bits per heavy atom. The molecule has 11 heteroatoms. The van der Waals surface area contributed by atoms with Gasteiger partial charge in [0.05, 0.1) is 42.6 Å². The lowest BCUT2D eigenvalue weighted by Gasteiger charge is -2.13. The van der Waals surface area contributed by atoms with Crippen molar-refractivity contribution in [3.05, 3.63) is 75.1 Å². The Bertz CT molecular complexity index is 1580. The van der Waals surface area contributed by atoms with Crippen LogP contribution in [0.1, 0.15) is 34.6 Å². The summed E-state index contributed by atoms with van der Waals surface area (Å²) in [7, 11) is 1.52. The van der Waals surface area contributed by atoms with Crippen molar-refractivity contribution in [1.29, 1.82) is 0 Å². The molecule has 0 unspecified atom stereocenters. The average molecular weight is 565 g/mol. The van der Waals surface area contributed by atoms with Gasteiger partial charge in [0.2, 0.25) is 5.91 Å². The lowest BCUT2D eigenvalue weighted by atomic mass is 10.1. The molecule has 0 aliphatic heterocycles. The smallest absolute Gasteiger partial charge is 0.266 e. The van der Waals surface area contributed by atoms with Crippen LogP contribution in [-0.2, 0) is 17.8 Å². The molecule has 0 aliphatic rings. The minimum Gasteiger partial charge on any atom is -0.495 e. The number of nitrogens with zero attached hydrogens (tertiary/aromatic N) is 2. The second kappa shape index (κ2) is 13.1. The number of para-hydroxylation sites is 2. The first-order valence-corrected chi connectivity index (χ1v) is 13.8. The molecule has 0 bridgehead atoms. The normalized spacial score (nSPS) is 10.8. The van der Waals surface area contributed by atoms with Crippen LogP contribution in [0.25, 0.3) is 10.2 Å². The maximum absolute atomic E-state index is 13.2. The van der Waals surface area contributed by atoms with Crippen LogP contribution in [0.5, 0.6) is 17.2 Å². The predicted molar refractivity (Wildman–Crippen MR) is 155 cm³/mol. The molecule has 40 heavy (non-hydrogen) atoms. The van der Waals surface area contributed by atoms with E-state index < -0.39 is 0 Å². The van der Waals surface area contributed by atoms with Crippen LogP contribution in [0.15, 0.2) is 53.6 Å². The van der Waals surface area contributed by atoms with E-state index >= 15 is 0 Å². The first-order chi connectivity index (χ1) is 19.4. The van der Waals surface area contributed by atoms with Crippen molar-refractivity contribution in [2.45, 2.75) is 33.7 Å². The van der Waals surface area contributed by atoms with Gasteiger partial charge in [-0.2, -0.15) is 0 Å². The van der Waals surface area contributed by atoms with Gasteiger partial charge >= 0.3 is 0 Å². The summed E-state index contributed by atoms with van der Waals surface area (Å²) in [5, 5.41) is 6.01. The third kappa shape index (κ3) is 6.42. The fraction of sp³-hybridized carbons (Fsp3) is 0.310. The fourth-order valence-corrected chi connectivity index (χ4v) is 5.26. The number of aromatic nitrogens is 2. The van der Waals surface area contributed by atoms with Crippen molar-refractivity contribution >= 4 is 39.1 Å². The zero-order valence-electron chi connectivity index (χ0n) is 22.9. The SMILES string of the molecule is CCOc1ccc(CCNC(=O)Cn2cnc3sc(C(=O)Nc4ccccc4OC)c(C)c3c2=O)cc1OCC. The molecule has 0 aliphatic carbocycles. The van der Waals surface area contributed by atoms with E-state index in [4.69, 9.17) is 14.2 Å². The van der Waals surface area contributed by atoms with E-state index in [9.17, 15) is 14.4 Å². The van der Waals surface area contributed by atoms with Crippen LogP contribution in [0.2, 0.25) is 0 Å². The number of amides is 2. The van der Waals surface area contributed by atoms with E-state index in [1.807, 2.05) is 32.0 Å². The molecular weight excluding hydrogens is 532 g/mol. The molecule has 0 saturated heterocycles. The number of ether oxygens (including phenoxy) is 3. The minimum absolute atomic E-state index is 0.187. The summed E-state index contributed by atoms with van der Waals surface area (Å²) in [6.07, 6.45) is 1.92. The molecule has 4 rings (SSSR count). The maximum atomic E-state index is 13.2. The molecule has 0 fully saturated rings. The molecule has 4 aromatic rings. The van der Waals surface area contributed by atoms with E-state index in [2.05, 4.69) is 15.6 Å². The highest BCUT2D eigenvalue weighted by atomic mass is 32.1. The van der Waals surface area contributed by atoms with Crippen LogP contribution in [0.4, 0.5) is 5.69 Å². The summed E-state index contributed by atoms with van der Waals surface area (Å²) in [4.78, 5) is 44.0. The van der Waals surface area contributed by atoms with Crippen molar-refractivity contribution in [2.24, 2.45) is 0 Å². The quantitative estimate of drug-likeness (QED) is 0.265. The molecule has 0 radical (unpaired) electrons. The molecule has 0 spiro atoms. The zero-order valence-corrected chi connectivity index (χ0v) is 23.7. The van der Waals surface area contributed by atoms with Gasteiger partial charge in [-0.15, -0.1) is 11.3 Å². The number of hydrogen-bond acceptors (Lipinski definition) is 8. The highest BCUT2D eigenvalue weighted by Crippen LogP contribution is 2.30. The van der Waals surface area contributed by atoms with Crippen LogP contribution < -0.4 is 30.4 Å². The third-order valence-corrected chi connectivity index (χ3v) is 7.33. The number of rotatable bonds is 12. The number of carbonyl (C=O) groups excluding carboxylic acids is 2. The highest BCUT2D eigenvalue weighted by Gasteiger charge is 2.21. The Morgan fingerprint density at radius 1 is 1.02 bits per heavy atom. The second-order valence-corrected chi connectivity index (χ2v) is 9.81. The first-order valence-electron chi connectivity index (χ1n) is 12.9. The van der Waals surface area contributed by atoms with Crippen LogP contribution in [0, 0.1) is 6.92 Å². The van der Waals surface area contributed by atoms with Crippen LogP contribution >= 0.6 is 11.3 Å². The number of fused-ring (bicyclic) bond motifs is 1. The predicted octanol–water partition coefficient (Wildman–Crippen LogP) is 4.18. The van der Waals surface area contributed by atoms with E-state index in [0.29, 0.717) is 69.8 Å². The summed E-state index contributed by atoms with van der Waals surface area (Å²) in [6, 6.07) is 12.8. The van der Waals surface area contributed by atoms with Gasteiger partial charge < -0.3 is 24.8 Å². The number of benzene rings is 2. The molecule has 2 amide bonds. The van der Waals surface area contributed by atoms with Gasteiger partial charge in [0.25, 0.3) is 11.5 Å². The van der Waals surface area contributed by atoms with E-state index in [1.165, 1.54) is 18.0 Å². The number of thiophene rings is 1. The largest absolute Gasteiger partial charge is 0.495 e. The molecule has 2 aromatic carbocycles. The number of aryl methyl sites for hydroxylation is 1. The number of nitrogens with one attached hydrogen (secondary N) is 2.